The van der Waals surface area contributed by atoms with Crippen molar-refractivity contribution in [3.63, 3.8) is 0 Å². The number of aliphatic carboxylic acids is 1. The van der Waals surface area contributed by atoms with E-state index < -0.39 is 11.5 Å². The second-order valence-corrected chi connectivity index (χ2v) is 5.22. The molecule has 1 rings (SSSR count). The normalized spacial score (nSPS) is 14.5. The van der Waals surface area contributed by atoms with Crippen LogP contribution in [0, 0.1) is 11.7 Å². The molecule has 0 heterocycles. The summed E-state index contributed by atoms with van der Waals surface area (Å²) in [6, 6.07) is 6.05. The van der Waals surface area contributed by atoms with E-state index in [4.69, 9.17) is 0 Å². The fourth-order valence-corrected chi connectivity index (χ4v) is 1.95. The molecule has 0 spiro atoms. The molecule has 3 nitrogen and oxygen atoms in total. The molecular formula is C14H20FNO2. The smallest absolute Gasteiger partial charge is 0.323 e. The molecule has 0 aliphatic rings. The number of rotatable bonds is 6. The molecule has 0 amide bonds. The van der Waals surface area contributed by atoms with Crippen molar-refractivity contribution in [1.82, 2.24) is 5.32 Å². The van der Waals surface area contributed by atoms with Gasteiger partial charge in [0, 0.05) is 6.54 Å². The average Bonchev–Trinajstić information content (AvgIpc) is 2.27. The van der Waals surface area contributed by atoms with Gasteiger partial charge in [0.1, 0.15) is 11.4 Å². The predicted octanol–water partition coefficient (Wildman–Crippen LogP) is 2.80. The summed E-state index contributed by atoms with van der Waals surface area (Å²) in [6.45, 7) is 6.07. The first-order valence-corrected chi connectivity index (χ1v) is 6.06. The maximum atomic E-state index is 12.7. The van der Waals surface area contributed by atoms with Crippen LogP contribution in [0.25, 0.3) is 0 Å². The van der Waals surface area contributed by atoms with Crippen LogP contribution in [-0.2, 0) is 11.3 Å². The van der Waals surface area contributed by atoms with Gasteiger partial charge in [0.25, 0.3) is 0 Å². The zero-order valence-electron chi connectivity index (χ0n) is 11.0. The van der Waals surface area contributed by atoms with Crippen LogP contribution in [0.5, 0.6) is 0 Å². The van der Waals surface area contributed by atoms with E-state index in [1.54, 1.807) is 19.1 Å². The molecule has 0 saturated heterocycles. The van der Waals surface area contributed by atoms with E-state index in [1.807, 2.05) is 13.8 Å². The van der Waals surface area contributed by atoms with E-state index in [-0.39, 0.29) is 11.7 Å². The third kappa shape index (κ3) is 4.11. The third-order valence-corrected chi connectivity index (χ3v) is 2.88. The Hall–Kier alpha value is -1.42. The minimum atomic E-state index is -0.956. The summed E-state index contributed by atoms with van der Waals surface area (Å²) in [5.74, 6) is -0.868. The topological polar surface area (TPSA) is 49.3 Å². The zero-order chi connectivity index (χ0) is 13.8. The minimum absolute atomic E-state index is 0.284. The summed E-state index contributed by atoms with van der Waals surface area (Å²) in [6.07, 6.45) is 0.545. The van der Waals surface area contributed by atoms with Gasteiger partial charge in [-0.05, 0) is 37.0 Å². The van der Waals surface area contributed by atoms with Gasteiger partial charge in [-0.3, -0.25) is 10.1 Å². The number of carboxylic acids is 1. The van der Waals surface area contributed by atoms with Crippen molar-refractivity contribution < 1.29 is 14.3 Å². The lowest BCUT2D eigenvalue weighted by Crippen LogP contribution is -2.49. The molecule has 1 unspecified atom stereocenters. The van der Waals surface area contributed by atoms with E-state index in [1.165, 1.54) is 12.1 Å². The van der Waals surface area contributed by atoms with Gasteiger partial charge in [-0.25, -0.2) is 4.39 Å². The van der Waals surface area contributed by atoms with Gasteiger partial charge in [-0.2, -0.15) is 0 Å². The summed E-state index contributed by atoms with van der Waals surface area (Å²) in [7, 11) is 0. The zero-order valence-corrected chi connectivity index (χ0v) is 11.0. The molecule has 1 atom stereocenters. The van der Waals surface area contributed by atoms with Gasteiger partial charge in [-0.1, -0.05) is 26.0 Å². The van der Waals surface area contributed by atoms with Gasteiger partial charge in [0.2, 0.25) is 0 Å². The molecule has 0 aliphatic carbocycles. The largest absolute Gasteiger partial charge is 0.480 e. The Labute approximate surface area is 107 Å². The van der Waals surface area contributed by atoms with Crippen LogP contribution in [0.3, 0.4) is 0 Å². The van der Waals surface area contributed by atoms with Crippen LogP contribution in [0.15, 0.2) is 24.3 Å². The first-order valence-electron chi connectivity index (χ1n) is 6.06. The Bertz CT molecular complexity index is 403. The Kier molecular flexibility index (Phi) is 4.84. The molecule has 18 heavy (non-hydrogen) atoms. The van der Waals surface area contributed by atoms with Crippen LogP contribution >= 0.6 is 0 Å². The second-order valence-electron chi connectivity index (χ2n) is 5.22. The van der Waals surface area contributed by atoms with Gasteiger partial charge < -0.3 is 5.11 Å². The Morgan fingerprint density at radius 2 is 1.94 bits per heavy atom. The molecule has 100 valence electrons. The van der Waals surface area contributed by atoms with E-state index in [9.17, 15) is 14.3 Å². The number of carboxylic acid groups (broad SMARTS) is 1. The van der Waals surface area contributed by atoms with Gasteiger partial charge in [-0.15, -0.1) is 0 Å². The molecule has 0 bridgehead atoms. The predicted molar refractivity (Wildman–Crippen MR) is 68.7 cm³/mol. The maximum absolute atomic E-state index is 12.7. The molecule has 2 N–H and O–H groups in total. The summed E-state index contributed by atoms with van der Waals surface area (Å²) >= 11 is 0. The first kappa shape index (κ1) is 14.6. The highest BCUT2D eigenvalue weighted by molar-refractivity contribution is 5.78. The Morgan fingerprint density at radius 3 is 2.39 bits per heavy atom. The lowest BCUT2D eigenvalue weighted by Gasteiger charge is -2.28. The van der Waals surface area contributed by atoms with Crippen LogP contribution < -0.4 is 5.32 Å². The van der Waals surface area contributed by atoms with Crippen molar-refractivity contribution in [1.29, 1.82) is 0 Å². The Morgan fingerprint density at radius 1 is 1.39 bits per heavy atom. The molecule has 0 saturated carbocycles. The van der Waals surface area contributed by atoms with E-state index in [2.05, 4.69) is 5.32 Å². The van der Waals surface area contributed by atoms with Crippen LogP contribution in [0.2, 0.25) is 0 Å². The van der Waals surface area contributed by atoms with E-state index in [0.717, 1.165) is 5.56 Å². The molecular weight excluding hydrogens is 233 g/mol. The molecule has 0 aromatic heterocycles. The van der Waals surface area contributed by atoms with Crippen LogP contribution in [-0.4, -0.2) is 16.6 Å². The quantitative estimate of drug-likeness (QED) is 0.819. The monoisotopic (exact) mass is 253 g/mol. The molecule has 4 heteroatoms. The fraction of sp³-hybridized carbons (Fsp3) is 0.500. The summed E-state index contributed by atoms with van der Waals surface area (Å²) < 4.78 is 12.7. The number of benzene rings is 1. The van der Waals surface area contributed by atoms with Crippen molar-refractivity contribution >= 4 is 5.97 Å². The molecule has 0 radical (unpaired) electrons. The van der Waals surface area contributed by atoms with Crippen molar-refractivity contribution in [2.45, 2.75) is 39.3 Å². The lowest BCUT2D eigenvalue weighted by molar-refractivity contribution is -0.145. The third-order valence-electron chi connectivity index (χ3n) is 2.88. The first-order chi connectivity index (χ1) is 8.33. The van der Waals surface area contributed by atoms with Crippen LogP contribution in [0.4, 0.5) is 4.39 Å². The highest BCUT2D eigenvalue weighted by atomic mass is 19.1. The number of carbonyl (C=O) groups is 1. The fourth-order valence-electron chi connectivity index (χ4n) is 1.95. The van der Waals surface area contributed by atoms with Crippen molar-refractivity contribution in [3.8, 4) is 0 Å². The standard InChI is InChI=1S/C14H20FNO2/c1-10(2)8-14(3,13(17)18)16-9-11-4-6-12(15)7-5-11/h4-7,10,16H,8-9H2,1-3H3,(H,17,18). The molecule has 1 aromatic carbocycles. The number of hydrogen-bond donors (Lipinski definition) is 2. The van der Waals surface area contributed by atoms with E-state index in [0.29, 0.717) is 13.0 Å². The van der Waals surface area contributed by atoms with Crippen molar-refractivity contribution in [2.24, 2.45) is 5.92 Å². The SMILES string of the molecule is CC(C)CC(C)(NCc1ccc(F)cc1)C(=O)O. The summed E-state index contributed by atoms with van der Waals surface area (Å²) in [5.41, 5.74) is -0.0876. The number of halogens is 1. The Balaban J connectivity index is 2.68. The molecule has 0 aliphatic heterocycles. The highest BCUT2D eigenvalue weighted by Crippen LogP contribution is 2.17. The van der Waals surface area contributed by atoms with Gasteiger partial charge >= 0.3 is 5.97 Å². The molecule has 1 aromatic rings. The summed E-state index contributed by atoms with van der Waals surface area (Å²) in [4.78, 5) is 11.3. The van der Waals surface area contributed by atoms with E-state index >= 15 is 0 Å². The summed E-state index contributed by atoms with van der Waals surface area (Å²) in [5, 5.41) is 12.3. The number of hydrogen-bond acceptors (Lipinski definition) is 2. The second kappa shape index (κ2) is 5.96. The van der Waals surface area contributed by atoms with Crippen molar-refractivity contribution in [2.75, 3.05) is 0 Å². The average molecular weight is 253 g/mol. The molecule has 0 fully saturated rings. The minimum Gasteiger partial charge on any atom is -0.480 e. The lowest BCUT2D eigenvalue weighted by atomic mass is 9.90. The van der Waals surface area contributed by atoms with Gasteiger partial charge in [0.05, 0.1) is 0 Å². The van der Waals surface area contributed by atoms with Crippen LogP contribution in [0.1, 0.15) is 32.8 Å². The maximum Gasteiger partial charge on any atom is 0.323 e. The van der Waals surface area contributed by atoms with Gasteiger partial charge in [0.15, 0.2) is 0 Å². The number of nitrogens with one attached hydrogen (secondary N) is 1. The highest BCUT2D eigenvalue weighted by Gasteiger charge is 2.33. The van der Waals surface area contributed by atoms with Crippen molar-refractivity contribution in [3.05, 3.63) is 35.6 Å².